The van der Waals surface area contributed by atoms with Crippen LogP contribution in [0.15, 0.2) is 53.5 Å². The summed E-state index contributed by atoms with van der Waals surface area (Å²) < 4.78 is 0. The van der Waals surface area contributed by atoms with Crippen LogP contribution in [0.3, 0.4) is 0 Å². The number of hydrogen-bond donors (Lipinski definition) is 3. The van der Waals surface area contributed by atoms with Crippen molar-refractivity contribution in [3.8, 4) is 0 Å². The predicted octanol–water partition coefficient (Wildman–Crippen LogP) is 3.49. The summed E-state index contributed by atoms with van der Waals surface area (Å²) >= 11 is 0. The highest BCUT2D eigenvalue weighted by molar-refractivity contribution is 5.92. The summed E-state index contributed by atoms with van der Waals surface area (Å²) in [5.41, 5.74) is 9.34. The van der Waals surface area contributed by atoms with Gasteiger partial charge in [-0.05, 0) is 58.6 Å². The molecule has 2 rings (SSSR count). The van der Waals surface area contributed by atoms with Crippen molar-refractivity contribution in [2.24, 2.45) is 10.7 Å². The first-order valence-electron chi connectivity index (χ1n) is 12.1. The van der Waals surface area contributed by atoms with Gasteiger partial charge in [0.05, 0.1) is 5.92 Å². The monoisotopic (exact) mass is 479 g/mol. The Morgan fingerprint density at radius 1 is 1.03 bits per heavy atom. The molecule has 0 saturated carbocycles. The Morgan fingerprint density at radius 3 is 2.26 bits per heavy atom. The van der Waals surface area contributed by atoms with Crippen LogP contribution >= 0.6 is 0 Å². The van der Waals surface area contributed by atoms with Gasteiger partial charge in [0.2, 0.25) is 11.8 Å². The fourth-order valence-corrected chi connectivity index (χ4v) is 3.78. The van der Waals surface area contributed by atoms with Gasteiger partial charge in [-0.2, -0.15) is 0 Å². The molecule has 0 fully saturated rings. The van der Waals surface area contributed by atoms with E-state index in [1.54, 1.807) is 19.0 Å². The van der Waals surface area contributed by atoms with Gasteiger partial charge >= 0.3 is 0 Å². The molecular weight excluding hydrogens is 438 g/mol. The zero-order chi connectivity index (χ0) is 26.2. The van der Waals surface area contributed by atoms with E-state index in [1.807, 2.05) is 83.1 Å². The summed E-state index contributed by atoms with van der Waals surface area (Å²) in [6, 6.07) is 15.3. The first-order chi connectivity index (χ1) is 16.4. The number of aliphatic imine (C=N–C) groups is 1. The van der Waals surface area contributed by atoms with Crippen LogP contribution in [0, 0.1) is 13.8 Å². The third-order valence-corrected chi connectivity index (χ3v) is 6.22. The van der Waals surface area contributed by atoms with Gasteiger partial charge in [0, 0.05) is 26.2 Å². The molecular formula is C28H41N5O2. The standard InChI is InChI=1S/C28H41N5O2/c1-19-13-15-21(16-14-19)24(22-11-8-10-20(2)18-22)25(34)32-23(12-9-17-31-27(29)30-6)26(35)33(7)28(3,4)5/h8,10-11,13-16,18,23-24H,9,12,17H2,1-7H3,(H,32,34)(H3,29,30,31)/t23-,24?/m1/s1. The molecule has 0 saturated heterocycles. The number of nitrogens with one attached hydrogen (secondary N) is 2. The molecule has 0 spiro atoms. The lowest BCUT2D eigenvalue weighted by Crippen LogP contribution is -2.53. The maximum Gasteiger partial charge on any atom is 0.245 e. The number of nitrogens with zero attached hydrogens (tertiary/aromatic N) is 2. The van der Waals surface area contributed by atoms with E-state index in [4.69, 9.17) is 5.73 Å². The molecule has 190 valence electrons. The molecule has 2 aromatic carbocycles. The zero-order valence-corrected chi connectivity index (χ0v) is 22.2. The average molecular weight is 480 g/mol. The number of guanidine groups is 1. The van der Waals surface area contributed by atoms with E-state index in [0.717, 1.165) is 22.3 Å². The molecule has 2 aromatic rings. The highest BCUT2D eigenvalue weighted by atomic mass is 16.2. The summed E-state index contributed by atoms with van der Waals surface area (Å²) in [6.45, 7) is 10.5. The molecule has 2 amide bonds. The van der Waals surface area contributed by atoms with Crippen LogP contribution in [0.4, 0.5) is 0 Å². The summed E-state index contributed by atoms with van der Waals surface area (Å²) in [5.74, 6) is -0.480. The van der Waals surface area contributed by atoms with Crippen LogP contribution in [0.1, 0.15) is 61.8 Å². The van der Waals surface area contributed by atoms with Gasteiger partial charge < -0.3 is 21.3 Å². The van der Waals surface area contributed by atoms with E-state index in [2.05, 4.69) is 15.6 Å². The van der Waals surface area contributed by atoms with Crippen LogP contribution in [0.25, 0.3) is 0 Å². The number of likely N-dealkylation sites (N-methyl/N-ethyl adjacent to an activating group) is 1. The van der Waals surface area contributed by atoms with Crippen LogP contribution in [0.5, 0.6) is 0 Å². The van der Waals surface area contributed by atoms with Crippen LogP contribution in [0.2, 0.25) is 0 Å². The third kappa shape index (κ3) is 8.12. The smallest absolute Gasteiger partial charge is 0.245 e. The zero-order valence-electron chi connectivity index (χ0n) is 22.2. The fourth-order valence-electron chi connectivity index (χ4n) is 3.78. The number of hydrogen-bond acceptors (Lipinski definition) is 3. The molecule has 1 unspecified atom stereocenters. The van der Waals surface area contributed by atoms with Crippen molar-refractivity contribution in [2.45, 2.75) is 65.0 Å². The van der Waals surface area contributed by atoms with Gasteiger partial charge in [-0.1, -0.05) is 59.7 Å². The molecule has 0 aromatic heterocycles. The van der Waals surface area contributed by atoms with Crippen molar-refractivity contribution < 1.29 is 9.59 Å². The largest absolute Gasteiger partial charge is 0.370 e. The second-order valence-electron chi connectivity index (χ2n) is 10.1. The highest BCUT2D eigenvalue weighted by Crippen LogP contribution is 2.27. The minimum absolute atomic E-state index is 0.116. The van der Waals surface area contributed by atoms with E-state index >= 15 is 0 Å². The molecule has 7 nitrogen and oxygen atoms in total. The Kier molecular flexibility index (Phi) is 9.87. The highest BCUT2D eigenvalue weighted by Gasteiger charge is 2.32. The molecule has 0 bridgehead atoms. The van der Waals surface area contributed by atoms with Crippen molar-refractivity contribution in [1.29, 1.82) is 0 Å². The van der Waals surface area contributed by atoms with Gasteiger partial charge in [0.15, 0.2) is 5.96 Å². The van der Waals surface area contributed by atoms with Crippen molar-refractivity contribution in [3.63, 3.8) is 0 Å². The van der Waals surface area contributed by atoms with E-state index in [1.165, 1.54) is 0 Å². The first kappa shape index (κ1) is 27.9. The molecule has 7 heteroatoms. The van der Waals surface area contributed by atoms with Gasteiger partial charge in [-0.25, -0.2) is 0 Å². The topological polar surface area (TPSA) is 99.8 Å². The number of carbonyl (C=O) groups is 2. The number of rotatable bonds is 9. The van der Waals surface area contributed by atoms with E-state index in [9.17, 15) is 9.59 Å². The lowest BCUT2D eigenvalue weighted by atomic mass is 9.88. The minimum atomic E-state index is -0.661. The molecule has 0 aliphatic rings. The summed E-state index contributed by atoms with van der Waals surface area (Å²) in [5, 5.41) is 6.10. The number of amides is 2. The van der Waals surface area contributed by atoms with Crippen molar-refractivity contribution in [3.05, 3.63) is 70.8 Å². The molecule has 2 atom stereocenters. The number of nitrogens with two attached hydrogens (primary N) is 1. The van der Waals surface area contributed by atoms with E-state index in [0.29, 0.717) is 25.3 Å². The van der Waals surface area contributed by atoms with Gasteiger partial charge in [-0.15, -0.1) is 0 Å². The Labute approximate surface area is 210 Å². The average Bonchev–Trinajstić information content (AvgIpc) is 2.80. The van der Waals surface area contributed by atoms with Crippen molar-refractivity contribution >= 4 is 17.8 Å². The Balaban J connectivity index is 2.34. The number of carbonyl (C=O) groups excluding carboxylic acids is 2. The molecule has 0 aliphatic heterocycles. The Bertz CT molecular complexity index is 1020. The SMILES string of the molecule is CN=C(N)NCCC[C@@H](NC(=O)C(c1ccc(C)cc1)c1cccc(C)c1)C(=O)N(C)C(C)(C)C. The lowest BCUT2D eigenvalue weighted by Gasteiger charge is -2.35. The molecule has 0 radical (unpaired) electrons. The van der Waals surface area contributed by atoms with Gasteiger partial charge in [0.1, 0.15) is 6.04 Å². The molecule has 0 aliphatic carbocycles. The first-order valence-corrected chi connectivity index (χ1v) is 12.1. The van der Waals surface area contributed by atoms with Crippen molar-refractivity contribution in [1.82, 2.24) is 15.5 Å². The van der Waals surface area contributed by atoms with Crippen molar-refractivity contribution in [2.75, 3.05) is 20.6 Å². The second-order valence-corrected chi connectivity index (χ2v) is 10.1. The summed E-state index contributed by atoms with van der Waals surface area (Å²) in [7, 11) is 3.39. The lowest BCUT2D eigenvalue weighted by molar-refractivity contribution is -0.139. The molecule has 0 heterocycles. The van der Waals surface area contributed by atoms with E-state index < -0.39 is 12.0 Å². The third-order valence-electron chi connectivity index (χ3n) is 6.22. The van der Waals surface area contributed by atoms with Crippen LogP contribution < -0.4 is 16.4 Å². The maximum absolute atomic E-state index is 13.8. The molecule has 4 N–H and O–H groups in total. The van der Waals surface area contributed by atoms with Gasteiger partial charge in [-0.3, -0.25) is 14.6 Å². The summed E-state index contributed by atoms with van der Waals surface area (Å²) in [6.07, 6.45) is 1.12. The maximum atomic E-state index is 13.8. The van der Waals surface area contributed by atoms with E-state index in [-0.39, 0.29) is 17.4 Å². The predicted molar refractivity (Wildman–Crippen MR) is 143 cm³/mol. The van der Waals surface area contributed by atoms with Crippen LogP contribution in [-0.2, 0) is 9.59 Å². The Hall–Kier alpha value is -3.35. The number of aryl methyl sites for hydroxylation is 2. The quantitative estimate of drug-likeness (QED) is 0.291. The normalized spacial score (nSPS) is 13.6. The number of benzene rings is 2. The van der Waals surface area contributed by atoms with Crippen LogP contribution in [-0.4, -0.2) is 54.9 Å². The molecule has 35 heavy (non-hydrogen) atoms. The second kappa shape index (κ2) is 12.4. The summed E-state index contributed by atoms with van der Waals surface area (Å²) in [4.78, 5) is 32.8. The Morgan fingerprint density at radius 2 is 1.69 bits per heavy atom. The van der Waals surface area contributed by atoms with Gasteiger partial charge in [0.25, 0.3) is 0 Å². The fraction of sp³-hybridized carbons (Fsp3) is 0.464. The minimum Gasteiger partial charge on any atom is -0.370 e.